The average Bonchev–Trinajstić information content (AvgIpc) is 2.85. The fraction of sp³-hybridized carbons (Fsp3) is 0.333. The van der Waals surface area contributed by atoms with E-state index in [9.17, 15) is 4.39 Å². The lowest BCUT2D eigenvalue weighted by atomic mass is 10.0. The van der Waals surface area contributed by atoms with Crippen LogP contribution in [0, 0.1) is 5.82 Å². The fourth-order valence-electron chi connectivity index (χ4n) is 2.22. The molecular weight excluding hydrogens is 193 g/mol. The normalized spacial score (nSPS) is 21.3. The maximum Gasteiger partial charge on any atom is 0.136 e. The summed E-state index contributed by atoms with van der Waals surface area (Å²) in [5, 5.41) is 4.27. The SMILES string of the molecule is Fc1cc2occc2cc1C1CCCN1. The van der Waals surface area contributed by atoms with E-state index in [1.807, 2.05) is 12.1 Å². The van der Waals surface area contributed by atoms with Crippen LogP contribution in [0.1, 0.15) is 24.4 Å². The number of furan rings is 1. The summed E-state index contributed by atoms with van der Waals surface area (Å²) in [5.41, 5.74) is 1.38. The molecule has 2 aromatic rings. The summed E-state index contributed by atoms with van der Waals surface area (Å²) in [6.07, 6.45) is 3.73. The summed E-state index contributed by atoms with van der Waals surface area (Å²) < 4.78 is 18.9. The van der Waals surface area contributed by atoms with E-state index in [2.05, 4.69) is 5.32 Å². The van der Waals surface area contributed by atoms with Crippen LogP contribution in [0.5, 0.6) is 0 Å². The molecule has 2 heterocycles. The minimum absolute atomic E-state index is 0.170. The lowest BCUT2D eigenvalue weighted by Gasteiger charge is -2.11. The van der Waals surface area contributed by atoms with Crippen molar-refractivity contribution in [2.75, 3.05) is 6.54 Å². The lowest BCUT2D eigenvalue weighted by Crippen LogP contribution is -2.14. The molecule has 0 bridgehead atoms. The Bertz CT molecular complexity index is 485. The molecule has 15 heavy (non-hydrogen) atoms. The first kappa shape index (κ1) is 8.92. The summed E-state index contributed by atoms with van der Waals surface area (Å²) in [6, 6.07) is 5.40. The van der Waals surface area contributed by atoms with Crippen LogP contribution in [-0.4, -0.2) is 6.54 Å². The van der Waals surface area contributed by atoms with Crippen LogP contribution in [0.25, 0.3) is 11.0 Å². The second-order valence-electron chi connectivity index (χ2n) is 3.98. The number of rotatable bonds is 1. The predicted octanol–water partition coefficient (Wildman–Crippen LogP) is 3.00. The van der Waals surface area contributed by atoms with Crippen molar-refractivity contribution in [3.05, 3.63) is 35.8 Å². The van der Waals surface area contributed by atoms with Crippen molar-refractivity contribution in [3.63, 3.8) is 0 Å². The summed E-state index contributed by atoms with van der Waals surface area (Å²) in [7, 11) is 0. The molecule has 0 radical (unpaired) electrons. The van der Waals surface area contributed by atoms with Crippen LogP contribution in [0.4, 0.5) is 4.39 Å². The molecule has 0 spiro atoms. The zero-order valence-corrected chi connectivity index (χ0v) is 8.29. The van der Waals surface area contributed by atoms with Crippen LogP contribution in [0.2, 0.25) is 0 Å². The Kier molecular flexibility index (Phi) is 1.99. The van der Waals surface area contributed by atoms with Gasteiger partial charge in [-0.25, -0.2) is 4.39 Å². The van der Waals surface area contributed by atoms with Crippen molar-refractivity contribution in [1.82, 2.24) is 5.32 Å². The van der Waals surface area contributed by atoms with Crippen LogP contribution in [-0.2, 0) is 0 Å². The largest absolute Gasteiger partial charge is 0.464 e. The zero-order chi connectivity index (χ0) is 10.3. The minimum Gasteiger partial charge on any atom is -0.464 e. The molecule has 0 saturated carbocycles. The monoisotopic (exact) mass is 205 g/mol. The Balaban J connectivity index is 2.11. The smallest absolute Gasteiger partial charge is 0.136 e. The summed E-state index contributed by atoms with van der Waals surface area (Å²) >= 11 is 0. The third kappa shape index (κ3) is 1.43. The summed E-state index contributed by atoms with van der Waals surface area (Å²) in [6.45, 7) is 0.980. The summed E-state index contributed by atoms with van der Waals surface area (Å²) in [4.78, 5) is 0. The highest BCUT2D eigenvalue weighted by molar-refractivity contribution is 5.78. The molecule has 3 rings (SSSR count). The Hall–Kier alpha value is -1.35. The van der Waals surface area contributed by atoms with Crippen LogP contribution in [0.15, 0.2) is 28.9 Å². The first-order valence-corrected chi connectivity index (χ1v) is 5.24. The molecule has 1 unspecified atom stereocenters. The van der Waals surface area contributed by atoms with E-state index in [1.165, 1.54) is 6.07 Å². The van der Waals surface area contributed by atoms with Gasteiger partial charge in [0.05, 0.1) is 6.26 Å². The van der Waals surface area contributed by atoms with Gasteiger partial charge in [-0.05, 0) is 31.5 Å². The number of benzene rings is 1. The van der Waals surface area contributed by atoms with Crippen molar-refractivity contribution in [2.45, 2.75) is 18.9 Å². The highest BCUT2D eigenvalue weighted by Gasteiger charge is 2.20. The van der Waals surface area contributed by atoms with Crippen molar-refractivity contribution < 1.29 is 8.81 Å². The Morgan fingerprint density at radius 2 is 2.33 bits per heavy atom. The van der Waals surface area contributed by atoms with E-state index < -0.39 is 0 Å². The van der Waals surface area contributed by atoms with Crippen LogP contribution in [0.3, 0.4) is 0 Å². The van der Waals surface area contributed by atoms with Crippen molar-refractivity contribution in [3.8, 4) is 0 Å². The Morgan fingerprint density at radius 1 is 1.40 bits per heavy atom. The third-order valence-electron chi connectivity index (χ3n) is 3.01. The topological polar surface area (TPSA) is 25.2 Å². The molecule has 1 aliphatic rings. The highest BCUT2D eigenvalue weighted by atomic mass is 19.1. The van der Waals surface area contributed by atoms with E-state index in [1.54, 1.807) is 6.26 Å². The van der Waals surface area contributed by atoms with Gasteiger partial charge < -0.3 is 9.73 Å². The second kappa shape index (κ2) is 3.35. The molecule has 1 aromatic carbocycles. The average molecular weight is 205 g/mol. The van der Waals surface area contributed by atoms with E-state index >= 15 is 0 Å². The molecule has 0 aliphatic carbocycles. The maximum absolute atomic E-state index is 13.7. The molecule has 78 valence electrons. The van der Waals surface area contributed by atoms with E-state index in [-0.39, 0.29) is 11.9 Å². The second-order valence-corrected chi connectivity index (χ2v) is 3.98. The highest BCUT2D eigenvalue weighted by Crippen LogP contribution is 2.29. The first-order valence-electron chi connectivity index (χ1n) is 5.24. The van der Waals surface area contributed by atoms with E-state index in [0.29, 0.717) is 5.58 Å². The molecule has 1 atom stereocenters. The molecule has 3 heteroatoms. The molecular formula is C12H12FNO. The standard InChI is InChI=1S/C12H12FNO/c13-10-7-12-8(3-5-15-12)6-9(10)11-2-1-4-14-11/h3,5-7,11,14H,1-2,4H2. The van der Waals surface area contributed by atoms with Gasteiger partial charge in [-0.3, -0.25) is 0 Å². The minimum atomic E-state index is -0.170. The zero-order valence-electron chi connectivity index (χ0n) is 8.29. The molecule has 1 fully saturated rings. The van der Waals surface area contributed by atoms with Gasteiger partial charge in [0, 0.05) is 23.1 Å². The Morgan fingerprint density at radius 3 is 3.13 bits per heavy atom. The quantitative estimate of drug-likeness (QED) is 0.774. The number of hydrogen-bond acceptors (Lipinski definition) is 2. The third-order valence-corrected chi connectivity index (χ3v) is 3.01. The van der Waals surface area contributed by atoms with Gasteiger partial charge in [-0.15, -0.1) is 0 Å². The van der Waals surface area contributed by atoms with Gasteiger partial charge in [-0.2, -0.15) is 0 Å². The maximum atomic E-state index is 13.7. The summed E-state index contributed by atoms with van der Waals surface area (Å²) in [5.74, 6) is -0.170. The fourth-order valence-corrected chi connectivity index (χ4v) is 2.22. The van der Waals surface area contributed by atoms with E-state index in [4.69, 9.17) is 4.42 Å². The molecule has 1 aliphatic heterocycles. The number of nitrogens with one attached hydrogen (secondary N) is 1. The molecule has 1 N–H and O–H groups in total. The lowest BCUT2D eigenvalue weighted by molar-refractivity contribution is 0.554. The molecule has 1 saturated heterocycles. The van der Waals surface area contributed by atoms with Gasteiger partial charge in [0.25, 0.3) is 0 Å². The van der Waals surface area contributed by atoms with Crippen LogP contribution < -0.4 is 5.32 Å². The molecule has 0 amide bonds. The van der Waals surface area contributed by atoms with Crippen molar-refractivity contribution >= 4 is 11.0 Å². The van der Waals surface area contributed by atoms with Gasteiger partial charge in [0.15, 0.2) is 0 Å². The molecule has 2 nitrogen and oxygen atoms in total. The number of halogens is 1. The molecule has 1 aromatic heterocycles. The van der Waals surface area contributed by atoms with Gasteiger partial charge in [0.1, 0.15) is 11.4 Å². The first-order chi connectivity index (χ1) is 7.34. The van der Waals surface area contributed by atoms with Crippen molar-refractivity contribution in [1.29, 1.82) is 0 Å². The number of hydrogen-bond donors (Lipinski definition) is 1. The Labute approximate surface area is 87.1 Å². The number of fused-ring (bicyclic) bond motifs is 1. The van der Waals surface area contributed by atoms with Crippen molar-refractivity contribution in [2.24, 2.45) is 0 Å². The van der Waals surface area contributed by atoms with Gasteiger partial charge >= 0.3 is 0 Å². The predicted molar refractivity (Wildman–Crippen MR) is 56.1 cm³/mol. The van der Waals surface area contributed by atoms with Crippen LogP contribution >= 0.6 is 0 Å². The van der Waals surface area contributed by atoms with Gasteiger partial charge in [-0.1, -0.05) is 0 Å². The van der Waals surface area contributed by atoms with Gasteiger partial charge in [0.2, 0.25) is 0 Å². The van der Waals surface area contributed by atoms with E-state index in [0.717, 1.165) is 30.3 Å².